The van der Waals surface area contributed by atoms with E-state index in [1.165, 1.54) is 11.3 Å². The van der Waals surface area contributed by atoms with Gasteiger partial charge in [0.25, 0.3) is 5.19 Å². The minimum Gasteiger partial charge on any atom is -0.469 e. The first-order chi connectivity index (χ1) is 11.8. The maximum absolute atomic E-state index is 9.30. The van der Waals surface area contributed by atoms with Crippen LogP contribution in [0.1, 0.15) is 23.9 Å². The zero-order chi connectivity index (χ0) is 16.8. The Morgan fingerprint density at radius 1 is 1.21 bits per heavy atom. The van der Waals surface area contributed by atoms with Crippen molar-refractivity contribution >= 4 is 17.0 Å². The van der Waals surface area contributed by atoms with E-state index in [1.807, 2.05) is 31.2 Å². The molecule has 2 aromatic rings. The highest BCUT2D eigenvalue weighted by atomic mass is 32.1. The zero-order valence-corrected chi connectivity index (χ0v) is 14.6. The first-order valence-corrected chi connectivity index (χ1v) is 9.03. The van der Waals surface area contributed by atoms with Gasteiger partial charge in [-0.2, -0.15) is 5.26 Å². The molecular formula is C17H21N5OS. The second-order valence-electron chi connectivity index (χ2n) is 5.64. The number of nitrogens with zero attached hydrogens (tertiary/aromatic N) is 5. The van der Waals surface area contributed by atoms with Crippen LogP contribution >= 0.6 is 11.3 Å². The van der Waals surface area contributed by atoms with Gasteiger partial charge in [0.2, 0.25) is 0 Å². The highest BCUT2D eigenvalue weighted by molar-refractivity contribution is 7.13. The molecule has 0 N–H and O–H groups in total. The van der Waals surface area contributed by atoms with E-state index in [4.69, 9.17) is 4.74 Å². The fourth-order valence-corrected chi connectivity index (χ4v) is 3.68. The number of aromatic nitrogens is 2. The first-order valence-electron chi connectivity index (χ1n) is 8.21. The zero-order valence-electron chi connectivity index (χ0n) is 13.8. The van der Waals surface area contributed by atoms with Crippen molar-refractivity contribution in [2.24, 2.45) is 0 Å². The number of hydrogen-bond donors (Lipinski definition) is 0. The number of rotatable bonds is 5. The van der Waals surface area contributed by atoms with Crippen LogP contribution < -0.4 is 9.64 Å². The maximum atomic E-state index is 9.30. The number of benzene rings is 1. The molecule has 3 rings (SSSR count). The third kappa shape index (κ3) is 4.02. The summed E-state index contributed by atoms with van der Waals surface area (Å²) in [5.74, 6) is 0. The highest BCUT2D eigenvalue weighted by Crippen LogP contribution is 2.23. The van der Waals surface area contributed by atoms with Gasteiger partial charge in [0.1, 0.15) is 11.1 Å². The van der Waals surface area contributed by atoms with Crippen LogP contribution in [0.15, 0.2) is 24.3 Å². The second-order valence-corrected chi connectivity index (χ2v) is 6.67. The number of hydrogen-bond acceptors (Lipinski definition) is 7. The lowest BCUT2D eigenvalue weighted by Crippen LogP contribution is -2.30. The SMILES string of the molecule is CCOc1nnc(CN2CCCN(c3ccccc3C#N)CC2)s1. The molecule has 0 unspecified atom stereocenters. The second kappa shape index (κ2) is 8.08. The monoisotopic (exact) mass is 343 g/mol. The number of ether oxygens (including phenoxy) is 1. The molecule has 1 saturated heterocycles. The molecule has 1 fully saturated rings. The average Bonchev–Trinajstić information content (AvgIpc) is 2.91. The maximum Gasteiger partial charge on any atom is 0.294 e. The van der Waals surface area contributed by atoms with Crippen molar-refractivity contribution in [3.63, 3.8) is 0 Å². The van der Waals surface area contributed by atoms with Gasteiger partial charge in [-0.3, -0.25) is 4.90 Å². The van der Waals surface area contributed by atoms with Gasteiger partial charge in [-0.25, -0.2) is 0 Å². The van der Waals surface area contributed by atoms with Crippen molar-refractivity contribution in [1.82, 2.24) is 15.1 Å². The van der Waals surface area contributed by atoms with Crippen molar-refractivity contribution in [2.45, 2.75) is 19.9 Å². The molecule has 0 radical (unpaired) electrons. The van der Waals surface area contributed by atoms with Crippen LogP contribution in [0.3, 0.4) is 0 Å². The summed E-state index contributed by atoms with van der Waals surface area (Å²) in [5.41, 5.74) is 1.79. The highest BCUT2D eigenvalue weighted by Gasteiger charge is 2.18. The Hall–Kier alpha value is -2.17. The third-order valence-corrected chi connectivity index (χ3v) is 4.85. The largest absolute Gasteiger partial charge is 0.469 e. The average molecular weight is 343 g/mol. The molecule has 1 aliphatic heterocycles. The van der Waals surface area contributed by atoms with Crippen molar-refractivity contribution in [3.8, 4) is 11.3 Å². The molecule has 1 aromatic heterocycles. The smallest absolute Gasteiger partial charge is 0.294 e. The molecule has 0 bridgehead atoms. The summed E-state index contributed by atoms with van der Waals surface area (Å²) in [4.78, 5) is 4.70. The summed E-state index contributed by atoms with van der Waals surface area (Å²) < 4.78 is 5.39. The standard InChI is InChI=1S/C17H21N5OS/c1-2-23-17-20-19-16(24-17)13-21-8-5-9-22(11-10-21)15-7-4-3-6-14(15)12-18/h3-4,6-7H,2,5,8-11,13H2,1H3. The number of para-hydroxylation sites is 1. The number of anilines is 1. The summed E-state index contributed by atoms with van der Waals surface area (Å²) >= 11 is 1.52. The molecule has 0 atom stereocenters. The molecule has 0 saturated carbocycles. The van der Waals surface area contributed by atoms with E-state index in [0.717, 1.165) is 55.4 Å². The molecule has 126 valence electrons. The van der Waals surface area contributed by atoms with E-state index < -0.39 is 0 Å². The quantitative estimate of drug-likeness (QED) is 0.831. The molecular weight excluding hydrogens is 322 g/mol. The fourth-order valence-electron chi connectivity index (χ4n) is 2.89. The molecule has 7 heteroatoms. The van der Waals surface area contributed by atoms with Crippen LogP contribution in [-0.2, 0) is 6.54 Å². The lowest BCUT2D eigenvalue weighted by atomic mass is 10.1. The van der Waals surface area contributed by atoms with Gasteiger partial charge in [-0.15, -0.1) is 10.2 Å². The van der Waals surface area contributed by atoms with Crippen LogP contribution in [0.5, 0.6) is 5.19 Å². The summed E-state index contributed by atoms with van der Waals surface area (Å²) in [5, 5.41) is 19.2. The van der Waals surface area contributed by atoms with Gasteiger partial charge in [0, 0.05) is 26.2 Å². The van der Waals surface area contributed by atoms with Crippen molar-refractivity contribution < 1.29 is 4.74 Å². The van der Waals surface area contributed by atoms with E-state index in [0.29, 0.717) is 11.8 Å². The summed E-state index contributed by atoms with van der Waals surface area (Å²) in [6.45, 7) is 7.22. The molecule has 6 nitrogen and oxygen atoms in total. The van der Waals surface area contributed by atoms with E-state index in [2.05, 4.69) is 26.1 Å². The van der Waals surface area contributed by atoms with Gasteiger partial charge >= 0.3 is 0 Å². The lowest BCUT2D eigenvalue weighted by molar-refractivity contribution is 0.284. The molecule has 1 aliphatic rings. The molecule has 24 heavy (non-hydrogen) atoms. The Labute approximate surface area is 146 Å². The normalized spacial score (nSPS) is 15.8. The van der Waals surface area contributed by atoms with Crippen LogP contribution in [0.2, 0.25) is 0 Å². The Balaban J connectivity index is 1.61. The molecule has 2 heterocycles. The van der Waals surface area contributed by atoms with E-state index in [1.54, 1.807) is 0 Å². The van der Waals surface area contributed by atoms with Crippen LogP contribution in [0, 0.1) is 11.3 Å². The minimum absolute atomic E-state index is 0.617. The molecule has 1 aromatic carbocycles. The van der Waals surface area contributed by atoms with Crippen LogP contribution in [0.4, 0.5) is 5.69 Å². The number of nitriles is 1. The van der Waals surface area contributed by atoms with Crippen LogP contribution in [0.25, 0.3) is 0 Å². The minimum atomic E-state index is 0.617. The van der Waals surface area contributed by atoms with Crippen LogP contribution in [-0.4, -0.2) is 47.9 Å². The van der Waals surface area contributed by atoms with Gasteiger partial charge < -0.3 is 9.64 Å². The van der Waals surface area contributed by atoms with E-state index >= 15 is 0 Å². The Morgan fingerprint density at radius 3 is 2.92 bits per heavy atom. The molecule has 0 amide bonds. The molecule has 0 spiro atoms. The summed E-state index contributed by atoms with van der Waals surface area (Å²) in [6.07, 6.45) is 1.07. The van der Waals surface area contributed by atoms with Gasteiger partial charge in [-0.05, 0) is 25.5 Å². The predicted octanol–water partition coefficient (Wildman–Crippen LogP) is 2.52. The molecule has 0 aliphatic carbocycles. The Kier molecular flexibility index (Phi) is 5.62. The summed E-state index contributed by atoms with van der Waals surface area (Å²) in [7, 11) is 0. The van der Waals surface area contributed by atoms with E-state index in [-0.39, 0.29) is 0 Å². The topological polar surface area (TPSA) is 65.3 Å². The van der Waals surface area contributed by atoms with Crippen molar-refractivity contribution in [2.75, 3.05) is 37.7 Å². The van der Waals surface area contributed by atoms with Gasteiger partial charge in [-0.1, -0.05) is 23.5 Å². The Bertz CT molecular complexity index is 711. The van der Waals surface area contributed by atoms with Crippen molar-refractivity contribution in [1.29, 1.82) is 5.26 Å². The fraction of sp³-hybridized carbons (Fsp3) is 0.471. The Morgan fingerprint density at radius 2 is 2.08 bits per heavy atom. The third-order valence-electron chi connectivity index (χ3n) is 4.03. The van der Waals surface area contributed by atoms with Gasteiger partial charge in [0.15, 0.2) is 0 Å². The summed E-state index contributed by atoms with van der Waals surface area (Å²) in [6, 6.07) is 10.1. The van der Waals surface area contributed by atoms with Gasteiger partial charge in [0.05, 0.1) is 24.4 Å². The predicted molar refractivity (Wildman–Crippen MR) is 94.3 cm³/mol. The lowest BCUT2D eigenvalue weighted by Gasteiger charge is -2.24. The first kappa shape index (κ1) is 16.7. The van der Waals surface area contributed by atoms with Crippen molar-refractivity contribution in [3.05, 3.63) is 34.8 Å². The van der Waals surface area contributed by atoms with E-state index in [9.17, 15) is 5.26 Å².